The summed E-state index contributed by atoms with van der Waals surface area (Å²) >= 11 is 0. The van der Waals surface area contributed by atoms with Crippen LogP contribution >= 0.6 is 0 Å². The van der Waals surface area contributed by atoms with Crippen molar-refractivity contribution in [3.8, 4) is 28.1 Å². The van der Waals surface area contributed by atoms with E-state index in [1.807, 2.05) is 18.3 Å². The highest BCUT2D eigenvalue weighted by atomic mass is 16.3. The minimum Gasteiger partial charge on any atom is -0.455 e. The maximum atomic E-state index is 6.45. The summed E-state index contributed by atoms with van der Waals surface area (Å²) in [7, 11) is 0. The van der Waals surface area contributed by atoms with E-state index in [9.17, 15) is 0 Å². The number of aryl methyl sites for hydroxylation is 2. The van der Waals surface area contributed by atoms with Gasteiger partial charge in [-0.05, 0) is 83.1 Å². The Balaban J connectivity index is 1.28. The molecule has 0 spiro atoms. The van der Waals surface area contributed by atoms with Crippen molar-refractivity contribution in [1.82, 2.24) is 9.55 Å². The molecule has 0 amide bonds. The number of hydrogen-bond acceptors (Lipinski definition) is 2. The number of aromatic nitrogens is 2. The summed E-state index contributed by atoms with van der Waals surface area (Å²) < 4.78 is 8.70. The number of para-hydroxylation sites is 2. The molecule has 3 heterocycles. The van der Waals surface area contributed by atoms with Gasteiger partial charge in [0.15, 0.2) is 0 Å². The minimum atomic E-state index is 0.891. The summed E-state index contributed by atoms with van der Waals surface area (Å²) in [5.41, 5.74) is 11.7. The van der Waals surface area contributed by atoms with E-state index in [2.05, 4.69) is 122 Å². The highest BCUT2D eigenvalue weighted by molar-refractivity contribution is 6.23. The monoisotopic (exact) mass is 542 g/mol. The molecule has 3 nitrogen and oxygen atoms in total. The van der Waals surface area contributed by atoms with Crippen molar-refractivity contribution in [3.63, 3.8) is 0 Å². The Labute approximate surface area is 244 Å². The van der Waals surface area contributed by atoms with Crippen molar-refractivity contribution in [3.05, 3.63) is 133 Å². The van der Waals surface area contributed by atoms with E-state index in [4.69, 9.17) is 9.40 Å². The van der Waals surface area contributed by atoms with Gasteiger partial charge in [-0.25, -0.2) is 4.98 Å². The SMILES string of the molecule is CCc1ccccc1-c1cc(-c2ccc(-n3c4ccccc4c4c5oc6ccccc6c5ccc43)nc2)ccc1CC. The largest absolute Gasteiger partial charge is 0.455 e. The molecule has 0 radical (unpaired) electrons. The van der Waals surface area contributed by atoms with Crippen LogP contribution in [-0.2, 0) is 12.8 Å². The third kappa shape index (κ3) is 3.70. The third-order valence-electron chi connectivity index (χ3n) is 8.67. The van der Waals surface area contributed by atoms with Crippen LogP contribution < -0.4 is 0 Å². The van der Waals surface area contributed by atoms with Crippen LogP contribution in [0.5, 0.6) is 0 Å². The highest BCUT2D eigenvalue weighted by Gasteiger charge is 2.19. The summed E-state index contributed by atoms with van der Waals surface area (Å²) in [6, 6.07) is 41.1. The molecular formula is C39H30N2O. The fourth-order valence-electron chi connectivity index (χ4n) is 6.58. The third-order valence-corrected chi connectivity index (χ3v) is 8.67. The van der Waals surface area contributed by atoms with E-state index in [0.717, 1.165) is 68.0 Å². The Morgan fingerprint density at radius 3 is 2.17 bits per heavy atom. The molecule has 0 aliphatic rings. The summed E-state index contributed by atoms with van der Waals surface area (Å²) in [6.45, 7) is 4.46. The molecule has 0 aliphatic heterocycles. The van der Waals surface area contributed by atoms with Crippen LogP contribution in [0, 0.1) is 0 Å². The number of furan rings is 1. The van der Waals surface area contributed by atoms with Gasteiger partial charge in [-0.15, -0.1) is 0 Å². The molecule has 0 atom stereocenters. The van der Waals surface area contributed by atoms with Crippen LogP contribution in [0.2, 0.25) is 0 Å². The van der Waals surface area contributed by atoms with Gasteiger partial charge in [-0.1, -0.05) is 86.6 Å². The Morgan fingerprint density at radius 2 is 1.33 bits per heavy atom. The number of pyridine rings is 1. The molecule has 0 fully saturated rings. The zero-order valence-electron chi connectivity index (χ0n) is 23.8. The fraction of sp³-hybridized carbons (Fsp3) is 0.103. The lowest BCUT2D eigenvalue weighted by Crippen LogP contribution is -1.97. The van der Waals surface area contributed by atoms with Gasteiger partial charge in [0.25, 0.3) is 0 Å². The molecular weight excluding hydrogens is 512 g/mol. The van der Waals surface area contributed by atoms with Crippen molar-refractivity contribution in [2.75, 3.05) is 0 Å². The number of nitrogens with zero attached hydrogens (tertiary/aromatic N) is 2. The quantitative estimate of drug-likeness (QED) is 0.217. The predicted molar refractivity (Wildman–Crippen MR) is 175 cm³/mol. The van der Waals surface area contributed by atoms with Gasteiger partial charge in [-0.2, -0.15) is 0 Å². The maximum absolute atomic E-state index is 6.45. The first kappa shape index (κ1) is 24.6. The van der Waals surface area contributed by atoms with E-state index in [0.29, 0.717) is 0 Å². The van der Waals surface area contributed by atoms with Crippen molar-refractivity contribution in [2.45, 2.75) is 26.7 Å². The maximum Gasteiger partial charge on any atom is 0.145 e. The Hall–Kier alpha value is -5.15. The van der Waals surface area contributed by atoms with Gasteiger partial charge in [0.05, 0.1) is 16.4 Å². The summed E-state index contributed by atoms with van der Waals surface area (Å²) in [6.07, 6.45) is 4.02. The Bertz CT molecular complexity index is 2270. The molecule has 0 saturated heterocycles. The molecule has 0 saturated carbocycles. The van der Waals surface area contributed by atoms with Crippen molar-refractivity contribution >= 4 is 43.7 Å². The minimum absolute atomic E-state index is 0.891. The molecule has 3 aromatic heterocycles. The number of rotatable bonds is 5. The number of fused-ring (bicyclic) bond motifs is 7. The number of hydrogen-bond donors (Lipinski definition) is 0. The van der Waals surface area contributed by atoms with Gasteiger partial charge in [0.2, 0.25) is 0 Å². The predicted octanol–water partition coefficient (Wildman–Crippen LogP) is 10.5. The first-order valence-corrected chi connectivity index (χ1v) is 14.8. The smallest absolute Gasteiger partial charge is 0.145 e. The molecule has 202 valence electrons. The van der Waals surface area contributed by atoms with Gasteiger partial charge >= 0.3 is 0 Å². The van der Waals surface area contributed by atoms with E-state index in [1.54, 1.807) is 0 Å². The average Bonchev–Trinajstić information content (AvgIpc) is 3.60. The molecule has 0 bridgehead atoms. The molecule has 8 aromatic rings. The van der Waals surface area contributed by atoms with Gasteiger partial charge in [-0.3, -0.25) is 4.57 Å². The standard InChI is InChI=1S/C39H30N2O/c1-3-25-11-5-6-12-29(25)33-23-27(18-17-26(33)4-2)28-19-22-37(40-24-28)41-34-15-9-7-14-32(34)38-35(41)21-20-31-30-13-8-10-16-36(30)42-39(31)38/h5-24H,3-4H2,1-2H3. The van der Waals surface area contributed by atoms with Crippen LogP contribution in [0.1, 0.15) is 25.0 Å². The van der Waals surface area contributed by atoms with Crippen LogP contribution in [0.4, 0.5) is 0 Å². The second-order valence-electron chi connectivity index (χ2n) is 10.9. The normalized spacial score (nSPS) is 11.8. The second kappa shape index (κ2) is 9.74. The van der Waals surface area contributed by atoms with Gasteiger partial charge < -0.3 is 4.42 Å². The Morgan fingerprint density at radius 1 is 0.595 bits per heavy atom. The summed E-state index contributed by atoms with van der Waals surface area (Å²) in [5.74, 6) is 0.891. The lowest BCUT2D eigenvalue weighted by molar-refractivity contribution is 0.673. The zero-order chi connectivity index (χ0) is 28.2. The molecule has 0 unspecified atom stereocenters. The van der Waals surface area contributed by atoms with Crippen LogP contribution in [0.15, 0.2) is 126 Å². The van der Waals surface area contributed by atoms with Crippen molar-refractivity contribution < 1.29 is 4.42 Å². The molecule has 0 aliphatic carbocycles. The molecule has 42 heavy (non-hydrogen) atoms. The zero-order valence-corrected chi connectivity index (χ0v) is 23.8. The summed E-state index contributed by atoms with van der Waals surface area (Å²) in [4.78, 5) is 5.03. The van der Waals surface area contributed by atoms with E-state index >= 15 is 0 Å². The molecule has 8 rings (SSSR count). The highest BCUT2D eigenvalue weighted by Crippen LogP contribution is 2.40. The molecule has 3 heteroatoms. The summed E-state index contributed by atoms with van der Waals surface area (Å²) in [5, 5.41) is 4.57. The first-order valence-electron chi connectivity index (χ1n) is 14.8. The van der Waals surface area contributed by atoms with Gasteiger partial charge in [0.1, 0.15) is 17.0 Å². The Kier molecular flexibility index (Phi) is 5.71. The van der Waals surface area contributed by atoms with Crippen molar-refractivity contribution in [1.29, 1.82) is 0 Å². The van der Waals surface area contributed by atoms with E-state index < -0.39 is 0 Å². The van der Waals surface area contributed by atoms with Crippen LogP contribution in [0.3, 0.4) is 0 Å². The van der Waals surface area contributed by atoms with Crippen LogP contribution in [-0.4, -0.2) is 9.55 Å². The number of benzene rings is 5. The molecule has 5 aromatic carbocycles. The van der Waals surface area contributed by atoms with E-state index in [-0.39, 0.29) is 0 Å². The van der Waals surface area contributed by atoms with Crippen molar-refractivity contribution in [2.24, 2.45) is 0 Å². The first-order chi connectivity index (χ1) is 20.7. The lowest BCUT2D eigenvalue weighted by Gasteiger charge is -2.15. The average molecular weight is 543 g/mol. The topological polar surface area (TPSA) is 31.0 Å². The van der Waals surface area contributed by atoms with Crippen LogP contribution in [0.25, 0.3) is 71.8 Å². The van der Waals surface area contributed by atoms with Gasteiger partial charge in [0, 0.05) is 27.9 Å². The van der Waals surface area contributed by atoms with E-state index in [1.165, 1.54) is 27.8 Å². The fourth-order valence-corrected chi connectivity index (χ4v) is 6.58. The second-order valence-corrected chi connectivity index (χ2v) is 10.9. The lowest BCUT2D eigenvalue weighted by atomic mass is 9.90. The molecule has 0 N–H and O–H groups in total.